The van der Waals surface area contributed by atoms with E-state index in [2.05, 4.69) is 4.90 Å². The maximum atomic E-state index is 13.6. The second-order valence-electron chi connectivity index (χ2n) is 9.07. The summed E-state index contributed by atoms with van der Waals surface area (Å²) in [5.41, 5.74) is 0.934. The first kappa shape index (κ1) is 19.3. The molecule has 1 aromatic heterocycles. The highest BCUT2D eigenvalue weighted by atomic mass is 16.5. The summed E-state index contributed by atoms with van der Waals surface area (Å²) in [6, 6.07) is 5.32. The average molecular weight is 402 g/mol. The van der Waals surface area contributed by atoms with E-state index in [1.54, 1.807) is 6.07 Å². The van der Waals surface area contributed by atoms with E-state index in [1.807, 2.05) is 21.6 Å². The van der Waals surface area contributed by atoms with Gasteiger partial charge in [0.15, 0.2) is 0 Å². The number of amides is 1. The van der Waals surface area contributed by atoms with Gasteiger partial charge in [-0.2, -0.15) is 0 Å². The van der Waals surface area contributed by atoms with Gasteiger partial charge in [-0.15, -0.1) is 0 Å². The molecule has 0 radical (unpaired) electrons. The summed E-state index contributed by atoms with van der Waals surface area (Å²) in [6.07, 6.45) is 5.04. The Kier molecular flexibility index (Phi) is 5.22. The Balaban J connectivity index is 1.54. The number of aromatic nitrogens is 1. The van der Waals surface area contributed by atoms with Crippen LogP contribution in [0.15, 0.2) is 23.0 Å². The monoisotopic (exact) mass is 401 g/mol. The van der Waals surface area contributed by atoms with Crippen molar-refractivity contribution in [3.05, 3.63) is 34.2 Å². The van der Waals surface area contributed by atoms with Gasteiger partial charge in [-0.05, 0) is 24.8 Å². The molecular weight excluding hydrogens is 370 g/mol. The number of aliphatic hydroxyl groups excluding tert-OH is 1. The van der Waals surface area contributed by atoms with Crippen molar-refractivity contribution in [3.63, 3.8) is 0 Å². The van der Waals surface area contributed by atoms with Crippen LogP contribution >= 0.6 is 0 Å². The molecule has 1 saturated carbocycles. The molecule has 3 aliphatic heterocycles. The zero-order valence-corrected chi connectivity index (χ0v) is 16.9. The molecule has 0 spiro atoms. The first-order valence-electron chi connectivity index (χ1n) is 11.1. The number of nitrogens with zero attached hydrogens (tertiary/aromatic N) is 3. The fraction of sp³-hybridized carbons (Fsp3) is 0.727. The van der Waals surface area contributed by atoms with Crippen LogP contribution < -0.4 is 5.56 Å². The Hall–Kier alpha value is -1.70. The third kappa shape index (κ3) is 3.23. The topological polar surface area (TPSA) is 75.0 Å². The SMILES string of the molecule is O=C([C@@H]1[C@@H](CO)[C@@H]2Cn3c(cccc3=O)[C@H]1N2CC1CCCC1)N1CCOCC1. The van der Waals surface area contributed by atoms with Gasteiger partial charge < -0.3 is 19.3 Å². The predicted octanol–water partition coefficient (Wildman–Crippen LogP) is 0.861. The van der Waals surface area contributed by atoms with E-state index in [-0.39, 0.29) is 42.0 Å². The molecule has 7 nitrogen and oxygen atoms in total. The van der Waals surface area contributed by atoms with Gasteiger partial charge in [0.05, 0.1) is 25.2 Å². The van der Waals surface area contributed by atoms with Crippen LogP contribution in [-0.2, 0) is 16.1 Å². The van der Waals surface area contributed by atoms with Crippen molar-refractivity contribution in [2.45, 2.75) is 44.3 Å². The molecule has 1 aliphatic carbocycles. The van der Waals surface area contributed by atoms with Gasteiger partial charge in [-0.3, -0.25) is 14.5 Å². The summed E-state index contributed by atoms with van der Waals surface area (Å²) in [4.78, 5) is 30.6. The summed E-state index contributed by atoms with van der Waals surface area (Å²) in [5, 5.41) is 10.3. The lowest BCUT2D eigenvalue weighted by atomic mass is 9.86. The Morgan fingerprint density at radius 1 is 1.17 bits per heavy atom. The third-order valence-electron chi connectivity index (χ3n) is 7.60. The Morgan fingerprint density at radius 2 is 1.93 bits per heavy atom. The van der Waals surface area contributed by atoms with Crippen molar-refractivity contribution in [1.82, 2.24) is 14.4 Å². The van der Waals surface area contributed by atoms with E-state index in [4.69, 9.17) is 4.74 Å². The Bertz CT molecular complexity index is 813. The number of ether oxygens (including phenoxy) is 1. The van der Waals surface area contributed by atoms with Crippen molar-refractivity contribution in [3.8, 4) is 0 Å². The number of fused-ring (bicyclic) bond motifs is 4. The first-order valence-corrected chi connectivity index (χ1v) is 11.1. The number of hydrogen-bond donors (Lipinski definition) is 1. The van der Waals surface area contributed by atoms with E-state index in [0.29, 0.717) is 38.8 Å². The standard InChI is InChI=1S/C22H31N3O4/c26-14-16-18-13-24-17(6-3-7-19(24)27)21(25(18)12-15-4-1-2-5-15)20(16)22(28)23-8-10-29-11-9-23/h3,6-7,15-16,18,20-21,26H,1-2,4-5,8-14H2/t16-,18-,20+,21+/m0/s1. The van der Waals surface area contributed by atoms with Crippen LogP contribution in [0.2, 0.25) is 0 Å². The van der Waals surface area contributed by atoms with Crippen molar-refractivity contribution in [2.75, 3.05) is 39.5 Å². The van der Waals surface area contributed by atoms with Crippen LogP contribution in [0.5, 0.6) is 0 Å². The molecule has 0 aromatic carbocycles. The van der Waals surface area contributed by atoms with Crippen molar-refractivity contribution in [1.29, 1.82) is 0 Å². The number of carbonyl (C=O) groups is 1. The van der Waals surface area contributed by atoms with E-state index >= 15 is 0 Å². The van der Waals surface area contributed by atoms with Gasteiger partial charge >= 0.3 is 0 Å². The molecule has 4 aliphatic rings. The predicted molar refractivity (Wildman–Crippen MR) is 107 cm³/mol. The summed E-state index contributed by atoms with van der Waals surface area (Å²) in [6.45, 7) is 3.85. The molecule has 1 aromatic rings. The van der Waals surface area contributed by atoms with Crippen LogP contribution in [0.25, 0.3) is 0 Å². The normalized spacial score (nSPS) is 32.5. The number of rotatable bonds is 4. The fourth-order valence-corrected chi connectivity index (χ4v) is 6.19. The minimum absolute atomic E-state index is 0.00539. The average Bonchev–Trinajstić information content (AvgIpc) is 3.32. The quantitative estimate of drug-likeness (QED) is 0.810. The molecule has 4 heterocycles. The van der Waals surface area contributed by atoms with Gasteiger partial charge in [-0.1, -0.05) is 18.9 Å². The molecule has 1 N–H and O–H groups in total. The lowest BCUT2D eigenvalue weighted by Gasteiger charge is -2.39. The van der Waals surface area contributed by atoms with Crippen LogP contribution in [0, 0.1) is 17.8 Å². The van der Waals surface area contributed by atoms with Gasteiger partial charge in [0, 0.05) is 56.5 Å². The van der Waals surface area contributed by atoms with Gasteiger partial charge in [0.2, 0.25) is 5.91 Å². The van der Waals surface area contributed by atoms with Crippen molar-refractivity contribution in [2.24, 2.45) is 17.8 Å². The van der Waals surface area contributed by atoms with Crippen LogP contribution in [0.3, 0.4) is 0 Å². The van der Waals surface area contributed by atoms with Crippen LogP contribution in [0.1, 0.15) is 37.4 Å². The van der Waals surface area contributed by atoms with Gasteiger partial charge in [0.25, 0.3) is 5.56 Å². The van der Waals surface area contributed by atoms with E-state index in [1.165, 1.54) is 25.7 Å². The number of carbonyl (C=O) groups excluding carboxylic acids is 1. The molecule has 2 saturated heterocycles. The van der Waals surface area contributed by atoms with E-state index < -0.39 is 0 Å². The largest absolute Gasteiger partial charge is 0.396 e. The second kappa shape index (κ2) is 7.85. The summed E-state index contributed by atoms with van der Waals surface area (Å²) < 4.78 is 7.28. The minimum atomic E-state index is -0.306. The molecule has 0 unspecified atom stereocenters. The highest BCUT2D eigenvalue weighted by molar-refractivity contribution is 5.81. The number of hydrogen-bond acceptors (Lipinski definition) is 5. The van der Waals surface area contributed by atoms with Gasteiger partial charge in [-0.25, -0.2) is 0 Å². The molecule has 1 amide bonds. The lowest BCUT2D eigenvalue weighted by Crippen LogP contribution is -2.48. The third-order valence-corrected chi connectivity index (χ3v) is 7.60. The molecule has 7 heteroatoms. The summed E-state index contributed by atoms with van der Waals surface area (Å²) in [5.74, 6) is 0.315. The smallest absolute Gasteiger partial charge is 0.250 e. The highest BCUT2D eigenvalue weighted by Gasteiger charge is 2.56. The molecular formula is C22H31N3O4. The zero-order chi connectivity index (χ0) is 20.0. The van der Waals surface area contributed by atoms with Crippen LogP contribution in [0.4, 0.5) is 0 Å². The summed E-state index contributed by atoms with van der Waals surface area (Å²) in [7, 11) is 0. The molecule has 158 valence electrons. The molecule has 2 bridgehead atoms. The molecule has 3 fully saturated rings. The zero-order valence-electron chi connectivity index (χ0n) is 16.9. The maximum Gasteiger partial charge on any atom is 0.250 e. The second-order valence-corrected chi connectivity index (χ2v) is 9.07. The highest BCUT2D eigenvalue weighted by Crippen LogP contribution is 2.49. The number of morpholine rings is 1. The Labute approximate surface area is 171 Å². The maximum absolute atomic E-state index is 13.6. The number of pyridine rings is 1. The molecule has 4 atom stereocenters. The summed E-state index contributed by atoms with van der Waals surface area (Å²) >= 11 is 0. The van der Waals surface area contributed by atoms with E-state index in [0.717, 1.165) is 12.2 Å². The van der Waals surface area contributed by atoms with Crippen molar-refractivity contribution < 1.29 is 14.6 Å². The lowest BCUT2D eigenvalue weighted by molar-refractivity contribution is -0.142. The van der Waals surface area contributed by atoms with Crippen molar-refractivity contribution >= 4 is 5.91 Å². The molecule has 29 heavy (non-hydrogen) atoms. The number of aliphatic hydroxyl groups is 1. The molecule has 5 rings (SSSR count). The Morgan fingerprint density at radius 3 is 2.66 bits per heavy atom. The van der Waals surface area contributed by atoms with Crippen LogP contribution in [-0.4, -0.2) is 70.9 Å². The fourth-order valence-electron chi connectivity index (χ4n) is 6.19. The minimum Gasteiger partial charge on any atom is -0.396 e. The van der Waals surface area contributed by atoms with Gasteiger partial charge in [0.1, 0.15) is 0 Å². The van der Waals surface area contributed by atoms with E-state index in [9.17, 15) is 14.7 Å². The first-order chi connectivity index (χ1) is 14.2.